The second kappa shape index (κ2) is 12.6. The van der Waals surface area contributed by atoms with Gasteiger partial charge in [0, 0.05) is 13.0 Å². The zero-order valence-electron chi connectivity index (χ0n) is 17.5. The Morgan fingerprint density at radius 1 is 1.14 bits per heavy atom. The number of ketones is 1. The molecule has 0 bridgehead atoms. The van der Waals surface area contributed by atoms with Crippen molar-refractivity contribution in [3.63, 3.8) is 0 Å². The Labute approximate surface area is 172 Å². The van der Waals surface area contributed by atoms with E-state index >= 15 is 0 Å². The second-order valence-corrected chi connectivity index (χ2v) is 7.62. The zero-order valence-corrected chi connectivity index (χ0v) is 17.5. The predicted molar refractivity (Wildman–Crippen MR) is 111 cm³/mol. The van der Waals surface area contributed by atoms with Gasteiger partial charge in [0.15, 0.2) is 5.78 Å². The van der Waals surface area contributed by atoms with Gasteiger partial charge in [0.05, 0.1) is 6.04 Å². The van der Waals surface area contributed by atoms with Gasteiger partial charge in [-0.2, -0.15) is 0 Å². The Bertz CT molecular complexity index is 668. The van der Waals surface area contributed by atoms with Crippen molar-refractivity contribution in [1.29, 1.82) is 0 Å². The van der Waals surface area contributed by atoms with E-state index in [-0.39, 0.29) is 18.8 Å². The number of allylic oxidation sites excluding steroid dienone is 1. The Hall–Kier alpha value is -2.83. The van der Waals surface area contributed by atoms with Crippen LogP contribution in [0.1, 0.15) is 52.0 Å². The fraction of sp³-hybridized carbons (Fsp3) is 0.500. The summed E-state index contributed by atoms with van der Waals surface area (Å²) in [6.07, 6.45) is 2.20. The maximum Gasteiger partial charge on any atom is 0.408 e. The molecule has 0 saturated carbocycles. The molecular formula is C22H32N2O5. The molecule has 160 valence electrons. The number of alkyl carbamates (subject to hydrolysis) is 2. The van der Waals surface area contributed by atoms with Crippen molar-refractivity contribution in [2.75, 3.05) is 6.54 Å². The summed E-state index contributed by atoms with van der Waals surface area (Å²) in [4.78, 5) is 36.2. The maximum absolute atomic E-state index is 12.4. The highest BCUT2D eigenvalue weighted by atomic mass is 16.6. The van der Waals surface area contributed by atoms with Crippen LogP contribution in [0.4, 0.5) is 9.59 Å². The Morgan fingerprint density at radius 3 is 2.45 bits per heavy atom. The molecule has 7 heteroatoms. The van der Waals surface area contributed by atoms with E-state index in [1.807, 2.05) is 30.3 Å². The molecule has 7 nitrogen and oxygen atoms in total. The SMILES string of the molecule is C=CCCC(=O)[C@H](CCCNC(=O)OC(C)(C)C)NC(=O)OCc1ccccc1. The minimum atomic E-state index is -0.682. The van der Waals surface area contributed by atoms with E-state index in [4.69, 9.17) is 9.47 Å². The number of hydrogen-bond donors (Lipinski definition) is 2. The van der Waals surface area contributed by atoms with Crippen LogP contribution in [0, 0.1) is 0 Å². The average Bonchev–Trinajstić information content (AvgIpc) is 2.66. The average molecular weight is 405 g/mol. The van der Waals surface area contributed by atoms with Gasteiger partial charge in [-0.3, -0.25) is 4.79 Å². The lowest BCUT2D eigenvalue weighted by atomic mass is 10.0. The first kappa shape index (κ1) is 24.2. The molecule has 1 atom stereocenters. The standard InChI is InChI=1S/C22H32N2O5/c1-5-6-14-19(25)18(13-10-15-23-20(26)29-22(2,3)4)24-21(27)28-16-17-11-8-7-9-12-17/h5,7-9,11-12,18H,1,6,10,13-16H2,2-4H3,(H,23,26)(H,24,27)/t18-/m0/s1. The van der Waals surface area contributed by atoms with Crippen LogP contribution in [0.2, 0.25) is 0 Å². The van der Waals surface area contributed by atoms with Gasteiger partial charge >= 0.3 is 12.2 Å². The molecule has 0 aliphatic rings. The number of hydrogen-bond acceptors (Lipinski definition) is 5. The monoisotopic (exact) mass is 404 g/mol. The lowest BCUT2D eigenvalue weighted by Gasteiger charge is -2.20. The molecule has 1 aromatic carbocycles. The smallest absolute Gasteiger partial charge is 0.408 e. The fourth-order valence-corrected chi connectivity index (χ4v) is 2.45. The number of carbonyl (C=O) groups excluding carboxylic acids is 3. The van der Waals surface area contributed by atoms with Gasteiger partial charge in [-0.1, -0.05) is 36.4 Å². The number of benzene rings is 1. The van der Waals surface area contributed by atoms with E-state index in [0.29, 0.717) is 25.8 Å². The van der Waals surface area contributed by atoms with Crippen molar-refractivity contribution in [2.24, 2.45) is 0 Å². The summed E-state index contributed by atoms with van der Waals surface area (Å²) < 4.78 is 10.4. The summed E-state index contributed by atoms with van der Waals surface area (Å²) in [6.45, 7) is 9.42. The number of rotatable bonds is 11. The van der Waals surface area contributed by atoms with E-state index in [0.717, 1.165) is 5.56 Å². The van der Waals surface area contributed by atoms with E-state index in [1.54, 1.807) is 26.8 Å². The van der Waals surface area contributed by atoms with Crippen LogP contribution in [0.25, 0.3) is 0 Å². The molecule has 0 aliphatic heterocycles. The van der Waals surface area contributed by atoms with Crippen molar-refractivity contribution in [2.45, 2.75) is 64.7 Å². The third-order valence-electron chi connectivity index (χ3n) is 3.83. The lowest BCUT2D eigenvalue weighted by molar-refractivity contribution is -0.121. The summed E-state index contributed by atoms with van der Waals surface area (Å²) >= 11 is 0. The summed E-state index contributed by atoms with van der Waals surface area (Å²) in [5.74, 6) is -0.0983. The van der Waals surface area contributed by atoms with Crippen molar-refractivity contribution in [3.05, 3.63) is 48.6 Å². The molecular weight excluding hydrogens is 372 g/mol. The van der Waals surface area contributed by atoms with Crippen molar-refractivity contribution >= 4 is 18.0 Å². The molecule has 0 heterocycles. The number of ether oxygens (including phenoxy) is 2. The quantitative estimate of drug-likeness (QED) is 0.427. The summed E-state index contributed by atoms with van der Waals surface area (Å²) in [5, 5.41) is 5.28. The molecule has 0 spiro atoms. The fourth-order valence-electron chi connectivity index (χ4n) is 2.45. The Kier molecular flexibility index (Phi) is 10.5. The predicted octanol–water partition coefficient (Wildman–Crippen LogP) is 4.12. The highest BCUT2D eigenvalue weighted by Gasteiger charge is 2.21. The van der Waals surface area contributed by atoms with Gasteiger partial charge in [-0.15, -0.1) is 6.58 Å². The zero-order chi connectivity index (χ0) is 21.7. The van der Waals surface area contributed by atoms with E-state index < -0.39 is 23.8 Å². The molecule has 0 saturated heterocycles. The molecule has 2 amide bonds. The molecule has 1 aromatic rings. The highest BCUT2D eigenvalue weighted by Crippen LogP contribution is 2.08. The first-order valence-corrected chi connectivity index (χ1v) is 9.79. The number of Topliss-reactive ketones (excluding diaryl/α,β-unsaturated/α-hetero) is 1. The van der Waals surface area contributed by atoms with Gasteiger partial charge in [0.1, 0.15) is 12.2 Å². The first-order chi connectivity index (χ1) is 13.7. The second-order valence-electron chi connectivity index (χ2n) is 7.62. The highest BCUT2D eigenvalue weighted by molar-refractivity contribution is 5.87. The van der Waals surface area contributed by atoms with E-state index in [2.05, 4.69) is 17.2 Å². The van der Waals surface area contributed by atoms with Crippen LogP contribution >= 0.6 is 0 Å². The van der Waals surface area contributed by atoms with Crippen molar-refractivity contribution < 1.29 is 23.9 Å². The van der Waals surface area contributed by atoms with Crippen LogP contribution in [-0.4, -0.2) is 36.2 Å². The van der Waals surface area contributed by atoms with Gasteiger partial charge in [-0.25, -0.2) is 9.59 Å². The van der Waals surface area contributed by atoms with E-state index in [1.165, 1.54) is 0 Å². The van der Waals surface area contributed by atoms with Crippen LogP contribution < -0.4 is 10.6 Å². The third-order valence-corrected chi connectivity index (χ3v) is 3.83. The molecule has 2 N–H and O–H groups in total. The Balaban J connectivity index is 2.48. The van der Waals surface area contributed by atoms with Crippen LogP contribution in [0.5, 0.6) is 0 Å². The van der Waals surface area contributed by atoms with Crippen LogP contribution in [-0.2, 0) is 20.9 Å². The molecule has 1 rings (SSSR count). The molecule has 0 fully saturated rings. The van der Waals surface area contributed by atoms with Gasteiger partial charge < -0.3 is 20.1 Å². The number of amides is 2. The minimum absolute atomic E-state index is 0.0983. The Morgan fingerprint density at radius 2 is 1.83 bits per heavy atom. The molecule has 0 aliphatic carbocycles. The first-order valence-electron chi connectivity index (χ1n) is 9.79. The largest absolute Gasteiger partial charge is 0.445 e. The van der Waals surface area contributed by atoms with Crippen LogP contribution in [0.3, 0.4) is 0 Å². The van der Waals surface area contributed by atoms with Gasteiger partial charge in [0.25, 0.3) is 0 Å². The van der Waals surface area contributed by atoms with Crippen LogP contribution in [0.15, 0.2) is 43.0 Å². The number of carbonyl (C=O) groups is 3. The molecule has 0 aromatic heterocycles. The van der Waals surface area contributed by atoms with Gasteiger partial charge in [0.2, 0.25) is 0 Å². The third kappa shape index (κ3) is 11.6. The molecule has 0 radical (unpaired) electrons. The van der Waals surface area contributed by atoms with Crippen molar-refractivity contribution in [1.82, 2.24) is 10.6 Å². The van der Waals surface area contributed by atoms with Gasteiger partial charge in [-0.05, 0) is 45.6 Å². The maximum atomic E-state index is 12.4. The lowest BCUT2D eigenvalue weighted by Crippen LogP contribution is -2.41. The molecule has 0 unspecified atom stereocenters. The minimum Gasteiger partial charge on any atom is -0.445 e. The number of nitrogens with one attached hydrogen (secondary N) is 2. The van der Waals surface area contributed by atoms with E-state index in [9.17, 15) is 14.4 Å². The molecule has 29 heavy (non-hydrogen) atoms. The normalized spacial score (nSPS) is 11.8. The summed E-state index contributed by atoms with van der Waals surface area (Å²) in [6, 6.07) is 8.61. The topological polar surface area (TPSA) is 93.7 Å². The summed E-state index contributed by atoms with van der Waals surface area (Å²) in [7, 11) is 0. The van der Waals surface area contributed by atoms with Crippen molar-refractivity contribution in [3.8, 4) is 0 Å². The summed E-state index contributed by atoms with van der Waals surface area (Å²) in [5.41, 5.74) is 0.288.